The highest BCUT2D eigenvalue weighted by Crippen LogP contribution is 2.38. The van der Waals surface area contributed by atoms with Crippen molar-refractivity contribution < 1.29 is 19.7 Å². The number of phenolic OH excluding ortho intramolecular Hbond substituents is 2. The summed E-state index contributed by atoms with van der Waals surface area (Å²) in [6.45, 7) is 1.90. The number of aliphatic imine (C=N–C) groups is 1. The molecule has 2 aromatic heterocycles. The van der Waals surface area contributed by atoms with Crippen LogP contribution in [0.4, 0.5) is 10.7 Å². The van der Waals surface area contributed by atoms with Crippen molar-refractivity contribution in [3.63, 3.8) is 0 Å². The summed E-state index contributed by atoms with van der Waals surface area (Å²) in [6, 6.07) is 6.05. The van der Waals surface area contributed by atoms with Crippen molar-refractivity contribution >= 4 is 23.3 Å². The summed E-state index contributed by atoms with van der Waals surface area (Å²) in [5, 5.41) is 26.4. The van der Waals surface area contributed by atoms with Crippen molar-refractivity contribution in [3.8, 4) is 11.5 Å². The van der Waals surface area contributed by atoms with Crippen LogP contribution in [-0.2, 0) is 4.74 Å². The number of allylic oxidation sites excluding steroid dienone is 4. The molecular weight excluding hydrogens is 386 g/mol. The summed E-state index contributed by atoms with van der Waals surface area (Å²) in [6.07, 6.45) is 8.48. The first-order valence-electron chi connectivity index (χ1n) is 9.15. The first kappa shape index (κ1) is 19.2. The monoisotopic (exact) mass is 405 g/mol. The molecule has 0 radical (unpaired) electrons. The first-order chi connectivity index (χ1) is 14.5. The summed E-state index contributed by atoms with van der Waals surface area (Å²) in [7, 11) is 1.26. The minimum atomic E-state index is -0.676. The van der Waals surface area contributed by atoms with Crippen LogP contribution in [0.1, 0.15) is 29.8 Å². The van der Waals surface area contributed by atoms with Crippen molar-refractivity contribution in [2.75, 3.05) is 12.4 Å². The van der Waals surface area contributed by atoms with Gasteiger partial charge in [0.2, 0.25) is 0 Å². The number of benzene rings is 1. The third-order valence-electron chi connectivity index (χ3n) is 4.62. The first-order valence-corrected chi connectivity index (χ1v) is 9.15. The fourth-order valence-electron chi connectivity index (χ4n) is 3.26. The molecule has 3 N–H and O–H groups in total. The van der Waals surface area contributed by atoms with Crippen molar-refractivity contribution in [1.29, 1.82) is 0 Å². The number of anilines is 1. The van der Waals surface area contributed by atoms with Crippen LogP contribution in [0.2, 0.25) is 0 Å². The van der Waals surface area contributed by atoms with E-state index < -0.39 is 12.1 Å². The molecule has 1 amide bonds. The van der Waals surface area contributed by atoms with Gasteiger partial charge in [0.25, 0.3) is 5.95 Å². The van der Waals surface area contributed by atoms with E-state index in [-0.39, 0.29) is 17.4 Å². The number of carbonyl (C=O) groups is 1. The number of methoxy groups -OCH3 is 1. The number of hydrogen-bond donors (Lipinski definition) is 3. The zero-order valence-electron chi connectivity index (χ0n) is 16.3. The molecule has 0 bridgehead atoms. The predicted octanol–water partition coefficient (Wildman–Crippen LogP) is 3.34. The Morgan fingerprint density at radius 1 is 1.23 bits per heavy atom. The predicted molar refractivity (Wildman–Crippen MR) is 111 cm³/mol. The summed E-state index contributed by atoms with van der Waals surface area (Å²) < 4.78 is 6.24. The van der Waals surface area contributed by atoms with Crippen LogP contribution in [0.3, 0.4) is 0 Å². The fraction of sp³-hybridized carbons (Fsp3) is 0.143. The second-order valence-corrected chi connectivity index (χ2v) is 6.51. The number of nitrogens with zero attached hydrogens (tertiary/aromatic N) is 4. The quantitative estimate of drug-likeness (QED) is 0.452. The molecule has 0 aliphatic carbocycles. The van der Waals surface area contributed by atoms with Crippen LogP contribution < -0.4 is 5.32 Å². The topological polar surface area (TPSA) is 121 Å². The van der Waals surface area contributed by atoms with E-state index in [1.807, 2.05) is 37.3 Å². The average Bonchev–Trinajstić information content (AvgIpc) is 3.16. The molecule has 1 aliphatic heterocycles. The van der Waals surface area contributed by atoms with Crippen LogP contribution >= 0.6 is 0 Å². The molecule has 0 fully saturated rings. The highest BCUT2D eigenvalue weighted by molar-refractivity contribution is 6.13. The maximum Gasteiger partial charge on any atom is 0.413 e. The van der Waals surface area contributed by atoms with Gasteiger partial charge in [-0.25, -0.2) is 14.3 Å². The van der Waals surface area contributed by atoms with Gasteiger partial charge in [0, 0.05) is 11.8 Å². The zero-order chi connectivity index (χ0) is 21.3. The summed E-state index contributed by atoms with van der Waals surface area (Å²) in [5.41, 5.74) is 3.41. The van der Waals surface area contributed by atoms with Crippen LogP contribution in [0.25, 0.3) is 5.52 Å². The molecule has 0 saturated heterocycles. The fourth-order valence-corrected chi connectivity index (χ4v) is 3.26. The highest BCUT2D eigenvalue weighted by Gasteiger charge is 2.28. The summed E-state index contributed by atoms with van der Waals surface area (Å²) in [4.78, 5) is 20.9. The Hall–Kier alpha value is -4.14. The molecular formula is C21H19N5O4. The van der Waals surface area contributed by atoms with E-state index in [0.29, 0.717) is 17.0 Å². The summed E-state index contributed by atoms with van der Waals surface area (Å²) >= 11 is 0. The van der Waals surface area contributed by atoms with E-state index >= 15 is 0 Å². The van der Waals surface area contributed by atoms with Gasteiger partial charge in [-0.15, -0.1) is 5.10 Å². The van der Waals surface area contributed by atoms with E-state index in [2.05, 4.69) is 20.1 Å². The lowest BCUT2D eigenvalue weighted by atomic mass is 9.95. The van der Waals surface area contributed by atoms with E-state index in [4.69, 9.17) is 4.99 Å². The lowest BCUT2D eigenvalue weighted by Crippen LogP contribution is -2.19. The van der Waals surface area contributed by atoms with E-state index in [1.165, 1.54) is 19.2 Å². The second-order valence-electron chi connectivity index (χ2n) is 6.51. The van der Waals surface area contributed by atoms with E-state index in [9.17, 15) is 15.0 Å². The third kappa shape index (κ3) is 3.37. The number of rotatable bonds is 4. The SMILES string of the molecule is C/C=C\C=C/C1=NC(c2ccc(O)c(O)c2)c2ccn3nc(NC(=O)OC)nc1c23. The number of aromatic hydroxyl groups is 2. The van der Waals surface area contributed by atoms with Crippen molar-refractivity contribution in [2.24, 2.45) is 4.99 Å². The molecule has 1 unspecified atom stereocenters. The molecule has 4 rings (SSSR count). The zero-order valence-corrected chi connectivity index (χ0v) is 16.3. The number of aromatic nitrogens is 3. The largest absolute Gasteiger partial charge is 0.504 e. The smallest absolute Gasteiger partial charge is 0.413 e. The molecule has 0 saturated carbocycles. The number of nitrogens with one attached hydrogen (secondary N) is 1. The number of carbonyl (C=O) groups excluding carboxylic acids is 1. The van der Waals surface area contributed by atoms with Crippen LogP contribution in [0.15, 0.2) is 59.8 Å². The Kier molecular flexibility index (Phi) is 4.93. The second kappa shape index (κ2) is 7.70. The van der Waals surface area contributed by atoms with Gasteiger partial charge in [0.1, 0.15) is 11.7 Å². The molecule has 3 aromatic rings. The molecule has 9 heteroatoms. The molecule has 1 aromatic carbocycles. The Morgan fingerprint density at radius 2 is 2.07 bits per heavy atom. The third-order valence-corrected chi connectivity index (χ3v) is 4.62. The van der Waals surface area contributed by atoms with E-state index in [0.717, 1.165) is 11.1 Å². The molecule has 3 heterocycles. The van der Waals surface area contributed by atoms with Gasteiger partial charge in [-0.3, -0.25) is 10.3 Å². The van der Waals surface area contributed by atoms with Crippen molar-refractivity contribution in [1.82, 2.24) is 14.6 Å². The van der Waals surface area contributed by atoms with Crippen LogP contribution in [-0.4, -0.2) is 43.7 Å². The van der Waals surface area contributed by atoms with Crippen LogP contribution in [0, 0.1) is 0 Å². The van der Waals surface area contributed by atoms with Gasteiger partial charge < -0.3 is 14.9 Å². The van der Waals surface area contributed by atoms with Gasteiger partial charge in [-0.2, -0.15) is 0 Å². The standard InChI is InChI=1S/C21H19N5O4/c1-3-4-5-6-14-18-19-13(17(22-14)12-7-8-15(27)16(28)11-12)9-10-26(19)25-20(23-18)24-21(29)30-2/h3-11,17,27-28H,1-2H3,(H,24,25,29)/b4-3-,6-5-. The molecule has 30 heavy (non-hydrogen) atoms. The van der Waals surface area contributed by atoms with Crippen molar-refractivity contribution in [3.05, 3.63) is 71.6 Å². The Morgan fingerprint density at radius 3 is 2.80 bits per heavy atom. The highest BCUT2D eigenvalue weighted by atomic mass is 16.5. The van der Waals surface area contributed by atoms with Gasteiger partial charge in [0.05, 0.1) is 18.3 Å². The molecule has 152 valence electrons. The Bertz CT molecular complexity index is 1230. The van der Waals surface area contributed by atoms with Gasteiger partial charge in [-0.05, 0) is 36.8 Å². The summed E-state index contributed by atoms with van der Waals surface area (Å²) in [5.74, 6) is -0.334. The molecule has 1 aliphatic rings. The number of ether oxygens (including phenoxy) is 1. The van der Waals surface area contributed by atoms with Gasteiger partial charge in [0.15, 0.2) is 11.5 Å². The lowest BCUT2D eigenvalue weighted by Gasteiger charge is -2.21. The maximum atomic E-state index is 11.6. The lowest BCUT2D eigenvalue weighted by molar-refractivity contribution is 0.186. The minimum Gasteiger partial charge on any atom is -0.504 e. The van der Waals surface area contributed by atoms with Crippen molar-refractivity contribution in [2.45, 2.75) is 13.0 Å². The van der Waals surface area contributed by atoms with E-state index in [1.54, 1.807) is 16.8 Å². The maximum absolute atomic E-state index is 11.6. The molecule has 0 spiro atoms. The number of phenols is 2. The Labute approximate surface area is 171 Å². The van der Waals surface area contributed by atoms with Gasteiger partial charge in [-0.1, -0.05) is 24.3 Å². The van der Waals surface area contributed by atoms with Gasteiger partial charge >= 0.3 is 6.09 Å². The average molecular weight is 405 g/mol. The van der Waals surface area contributed by atoms with Crippen LogP contribution in [0.5, 0.6) is 11.5 Å². The molecule has 1 atom stereocenters. The minimum absolute atomic E-state index is 0.0827. The molecule has 9 nitrogen and oxygen atoms in total. The normalized spacial score (nSPS) is 15.7. The Balaban J connectivity index is 1.90. The number of hydrogen-bond acceptors (Lipinski definition) is 7. The number of amides is 1.